The predicted octanol–water partition coefficient (Wildman–Crippen LogP) is 3.62. The highest BCUT2D eigenvalue weighted by atomic mass is 79.9. The van der Waals surface area contributed by atoms with Crippen molar-refractivity contribution in [3.05, 3.63) is 57.1 Å². The average Bonchev–Trinajstić information content (AvgIpc) is 2.42. The standard InChI is InChI=1S/C16H16BrN3O/c1-9-5-13(17)6-10(2)15(9)20-16(21)11-3-4-12(8-18)14(19)7-11/h3-7,16,20-21H,19H2,1-2H3. The third-order valence-corrected chi connectivity index (χ3v) is 3.75. The van der Waals surface area contributed by atoms with E-state index in [2.05, 4.69) is 21.2 Å². The van der Waals surface area contributed by atoms with Gasteiger partial charge in [-0.3, -0.25) is 0 Å². The van der Waals surface area contributed by atoms with Gasteiger partial charge >= 0.3 is 0 Å². The van der Waals surface area contributed by atoms with Gasteiger partial charge in [0.1, 0.15) is 6.07 Å². The number of rotatable bonds is 3. The maximum absolute atomic E-state index is 10.3. The highest BCUT2D eigenvalue weighted by Crippen LogP contribution is 2.28. The van der Waals surface area contributed by atoms with Crippen LogP contribution >= 0.6 is 15.9 Å². The minimum absolute atomic E-state index is 0.361. The summed E-state index contributed by atoms with van der Waals surface area (Å²) in [4.78, 5) is 0. The van der Waals surface area contributed by atoms with Gasteiger partial charge in [-0.1, -0.05) is 22.0 Å². The number of aliphatic hydroxyl groups excluding tert-OH is 1. The number of nitrogens with one attached hydrogen (secondary N) is 1. The normalized spacial score (nSPS) is 11.8. The summed E-state index contributed by atoms with van der Waals surface area (Å²) in [6.45, 7) is 3.94. The maximum atomic E-state index is 10.3. The Kier molecular flexibility index (Phi) is 4.51. The predicted molar refractivity (Wildman–Crippen MR) is 87.8 cm³/mol. The highest BCUT2D eigenvalue weighted by Gasteiger charge is 2.12. The number of halogens is 1. The monoisotopic (exact) mass is 345 g/mol. The quantitative estimate of drug-likeness (QED) is 0.586. The van der Waals surface area contributed by atoms with Gasteiger partial charge in [0.05, 0.1) is 5.56 Å². The van der Waals surface area contributed by atoms with Crippen molar-refractivity contribution in [2.45, 2.75) is 20.1 Å². The number of anilines is 2. The lowest BCUT2D eigenvalue weighted by Crippen LogP contribution is -2.12. The van der Waals surface area contributed by atoms with Gasteiger partial charge in [-0.2, -0.15) is 5.26 Å². The third-order valence-electron chi connectivity index (χ3n) is 3.29. The molecule has 0 saturated heterocycles. The average molecular weight is 346 g/mol. The summed E-state index contributed by atoms with van der Waals surface area (Å²) in [7, 11) is 0. The van der Waals surface area contributed by atoms with Crippen LogP contribution in [0.1, 0.15) is 28.5 Å². The number of hydrogen-bond donors (Lipinski definition) is 3. The molecular weight excluding hydrogens is 330 g/mol. The zero-order valence-corrected chi connectivity index (χ0v) is 13.4. The van der Waals surface area contributed by atoms with Crippen LogP contribution in [-0.4, -0.2) is 5.11 Å². The van der Waals surface area contributed by atoms with E-state index in [1.165, 1.54) is 0 Å². The number of nitrogens with zero attached hydrogens (tertiary/aromatic N) is 1. The molecule has 0 heterocycles. The Morgan fingerprint density at radius 3 is 2.38 bits per heavy atom. The molecule has 21 heavy (non-hydrogen) atoms. The van der Waals surface area contributed by atoms with E-state index in [0.29, 0.717) is 16.8 Å². The minimum Gasteiger partial charge on any atom is -0.398 e. The van der Waals surface area contributed by atoms with Gasteiger partial charge in [-0.05, 0) is 49.2 Å². The van der Waals surface area contributed by atoms with E-state index in [1.54, 1.807) is 18.2 Å². The van der Waals surface area contributed by atoms with Crippen LogP contribution in [0, 0.1) is 25.2 Å². The van der Waals surface area contributed by atoms with Gasteiger partial charge < -0.3 is 16.2 Å². The molecule has 0 spiro atoms. The molecule has 0 aromatic heterocycles. The second-order valence-electron chi connectivity index (χ2n) is 4.92. The number of aryl methyl sites for hydroxylation is 2. The van der Waals surface area contributed by atoms with Crippen LogP contribution in [0.4, 0.5) is 11.4 Å². The van der Waals surface area contributed by atoms with E-state index in [4.69, 9.17) is 11.0 Å². The largest absolute Gasteiger partial charge is 0.398 e. The molecule has 4 nitrogen and oxygen atoms in total. The lowest BCUT2D eigenvalue weighted by molar-refractivity contribution is 0.208. The molecule has 5 heteroatoms. The van der Waals surface area contributed by atoms with Crippen LogP contribution in [0.3, 0.4) is 0 Å². The summed E-state index contributed by atoms with van der Waals surface area (Å²) in [5.41, 5.74) is 10.1. The summed E-state index contributed by atoms with van der Waals surface area (Å²) in [6.07, 6.45) is -0.890. The van der Waals surface area contributed by atoms with Gasteiger partial charge in [0.25, 0.3) is 0 Å². The molecule has 108 valence electrons. The van der Waals surface area contributed by atoms with Crippen molar-refractivity contribution >= 4 is 27.3 Å². The highest BCUT2D eigenvalue weighted by molar-refractivity contribution is 9.10. The smallest absolute Gasteiger partial charge is 0.150 e. The van der Waals surface area contributed by atoms with Crippen molar-refractivity contribution in [1.82, 2.24) is 0 Å². The fraction of sp³-hybridized carbons (Fsp3) is 0.188. The fourth-order valence-corrected chi connectivity index (χ4v) is 2.90. The summed E-state index contributed by atoms with van der Waals surface area (Å²) in [6, 6.07) is 10.9. The van der Waals surface area contributed by atoms with Gasteiger partial charge in [0, 0.05) is 21.4 Å². The van der Waals surface area contributed by atoms with Crippen molar-refractivity contribution in [3.8, 4) is 6.07 Å². The first-order valence-corrected chi connectivity index (χ1v) is 7.22. The van der Waals surface area contributed by atoms with E-state index < -0.39 is 6.23 Å². The zero-order chi connectivity index (χ0) is 15.6. The second-order valence-corrected chi connectivity index (χ2v) is 5.84. The topological polar surface area (TPSA) is 82.1 Å². The minimum atomic E-state index is -0.890. The molecule has 1 atom stereocenters. The van der Waals surface area contributed by atoms with Crippen LogP contribution in [0.5, 0.6) is 0 Å². The second kappa shape index (κ2) is 6.17. The Hall–Kier alpha value is -2.03. The molecular formula is C16H16BrN3O. The van der Waals surface area contributed by atoms with Crippen molar-refractivity contribution in [2.75, 3.05) is 11.1 Å². The van der Waals surface area contributed by atoms with Crippen LogP contribution in [0.15, 0.2) is 34.8 Å². The number of benzene rings is 2. The molecule has 1 unspecified atom stereocenters. The first-order valence-electron chi connectivity index (χ1n) is 6.43. The zero-order valence-electron chi connectivity index (χ0n) is 11.8. The van der Waals surface area contributed by atoms with Crippen molar-refractivity contribution in [3.63, 3.8) is 0 Å². The Balaban J connectivity index is 2.28. The lowest BCUT2D eigenvalue weighted by atomic mass is 10.1. The molecule has 0 aliphatic heterocycles. The van der Waals surface area contributed by atoms with Crippen LogP contribution < -0.4 is 11.1 Å². The number of nitriles is 1. The summed E-state index contributed by atoms with van der Waals surface area (Å²) in [5, 5.41) is 22.3. The molecule has 2 rings (SSSR count). The number of aliphatic hydroxyl groups is 1. The summed E-state index contributed by atoms with van der Waals surface area (Å²) < 4.78 is 1.00. The first-order chi connectivity index (χ1) is 9.92. The Morgan fingerprint density at radius 1 is 1.24 bits per heavy atom. The number of hydrogen-bond acceptors (Lipinski definition) is 4. The molecule has 0 aliphatic carbocycles. The van der Waals surface area contributed by atoms with Gasteiger partial charge in [-0.15, -0.1) is 0 Å². The van der Waals surface area contributed by atoms with Gasteiger partial charge in [0.2, 0.25) is 0 Å². The van der Waals surface area contributed by atoms with Gasteiger partial charge in [0.15, 0.2) is 6.23 Å². The van der Waals surface area contributed by atoms with E-state index >= 15 is 0 Å². The molecule has 0 aliphatic rings. The molecule has 2 aromatic carbocycles. The number of nitrogen functional groups attached to an aromatic ring is 1. The number of nitrogens with two attached hydrogens (primary N) is 1. The molecule has 2 aromatic rings. The van der Waals surface area contributed by atoms with Crippen molar-refractivity contribution in [1.29, 1.82) is 5.26 Å². The molecule has 0 bridgehead atoms. The van der Waals surface area contributed by atoms with E-state index in [-0.39, 0.29) is 0 Å². The Bertz CT molecular complexity index is 699. The fourth-order valence-electron chi connectivity index (χ4n) is 2.21. The molecule has 0 saturated carbocycles. The molecule has 0 fully saturated rings. The van der Waals surface area contributed by atoms with E-state index in [1.807, 2.05) is 32.0 Å². The molecule has 0 amide bonds. The Labute approximate surface area is 132 Å². The molecule has 0 radical (unpaired) electrons. The van der Waals surface area contributed by atoms with Crippen LogP contribution in [0.2, 0.25) is 0 Å². The maximum Gasteiger partial charge on any atom is 0.150 e. The van der Waals surface area contributed by atoms with Gasteiger partial charge in [-0.25, -0.2) is 0 Å². The summed E-state index contributed by atoms with van der Waals surface area (Å²) in [5.74, 6) is 0. The molecule has 4 N–H and O–H groups in total. The SMILES string of the molecule is Cc1cc(Br)cc(C)c1NC(O)c1ccc(C#N)c(N)c1. The first kappa shape index (κ1) is 15.4. The van der Waals surface area contributed by atoms with E-state index in [0.717, 1.165) is 21.3 Å². The third kappa shape index (κ3) is 3.35. The van der Waals surface area contributed by atoms with Crippen molar-refractivity contribution < 1.29 is 5.11 Å². The van der Waals surface area contributed by atoms with E-state index in [9.17, 15) is 5.11 Å². The lowest BCUT2D eigenvalue weighted by Gasteiger charge is -2.19. The Morgan fingerprint density at radius 2 is 1.86 bits per heavy atom. The van der Waals surface area contributed by atoms with Crippen molar-refractivity contribution in [2.24, 2.45) is 0 Å². The van der Waals surface area contributed by atoms with Crippen LogP contribution in [0.25, 0.3) is 0 Å². The van der Waals surface area contributed by atoms with Crippen LogP contribution in [-0.2, 0) is 0 Å². The summed E-state index contributed by atoms with van der Waals surface area (Å²) >= 11 is 3.45.